The first-order chi connectivity index (χ1) is 8.60. The topological polar surface area (TPSA) is 38.3 Å². The Bertz CT molecular complexity index is 422. The van der Waals surface area contributed by atoms with Crippen molar-refractivity contribution in [3.63, 3.8) is 0 Å². The minimum atomic E-state index is -0.00387. The normalized spacial score (nSPS) is 23.3. The van der Waals surface area contributed by atoms with E-state index >= 15 is 0 Å². The van der Waals surface area contributed by atoms with Crippen molar-refractivity contribution in [3.8, 4) is 0 Å². The molecule has 0 spiro atoms. The highest BCUT2D eigenvalue weighted by Crippen LogP contribution is 2.18. The molecule has 0 radical (unpaired) electrons. The van der Waals surface area contributed by atoms with Gasteiger partial charge in [0.15, 0.2) is 0 Å². The van der Waals surface area contributed by atoms with Crippen molar-refractivity contribution in [1.29, 1.82) is 0 Å². The van der Waals surface area contributed by atoms with E-state index in [0.717, 1.165) is 5.56 Å². The molecular weight excluding hydrogens is 226 g/mol. The first-order valence-corrected chi connectivity index (χ1v) is 6.45. The maximum Gasteiger partial charge on any atom is 0.144 e. The average molecular weight is 247 g/mol. The van der Waals surface area contributed by atoms with Crippen molar-refractivity contribution in [2.24, 2.45) is 5.92 Å². The molecule has 98 valence electrons. The second-order valence-corrected chi connectivity index (χ2v) is 5.18. The van der Waals surface area contributed by atoms with Gasteiger partial charge in [0.2, 0.25) is 0 Å². The third-order valence-corrected chi connectivity index (χ3v) is 3.52. The first kappa shape index (κ1) is 13.2. The van der Waals surface area contributed by atoms with E-state index in [-0.39, 0.29) is 17.7 Å². The molecule has 3 nitrogen and oxygen atoms in total. The molecule has 1 saturated heterocycles. The smallest absolute Gasteiger partial charge is 0.144 e. The number of hydrogen-bond acceptors (Lipinski definition) is 3. The Morgan fingerprint density at radius 1 is 1.28 bits per heavy atom. The fourth-order valence-corrected chi connectivity index (χ4v) is 2.66. The van der Waals surface area contributed by atoms with Crippen molar-refractivity contribution in [1.82, 2.24) is 5.32 Å². The third kappa shape index (κ3) is 2.98. The van der Waals surface area contributed by atoms with Gasteiger partial charge < -0.3 is 10.1 Å². The molecule has 0 aliphatic carbocycles. The van der Waals surface area contributed by atoms with Crippen LogP contribution in [0.4, 0.5) is 0 Å². The molecule has 2 rings (SSSR count). The molecule has 1 aliphatic rings. The molecule has 1 aliphatic heterocycles. The SMILES string of the molecule is CNC1COCC1C(=O)Cc1cc(C)cc(C)c1. The molecular formula is C15H21NO2. The molecule has 2 atom stereocenters. The van der Waals surface area contributed by atoms with Gasteiger partial charge in [-0.3, -0.25) is 4.79 Å². The van der Waals surface area contributed by atoms with E-state index in [2.05, 4.69) is 37.4 Å². The highest BCUT2D eigenvalue weighted by atomic mass is 16.5. The zero-order valence-corrected chi connectivity index (χ0v) is 11.3. The number of aryl methyl sites for hydroxylation is 2. The van der Waals surface area contributed by atoms with Gasteiger partial charge in [-0.1, -0.05) is 29.3 Å². The number of Topliss-reactive ketones (excluding diaryl/α,β-unsaturated/α-hetero) is 1. The summed E-state index contributed by atoms with van der Waals surface area (Å²) in [4.78, 5) is 12.3. The second-order valence-electron chi connectivity index (χ2n) is 5.18. The molecule has 18 heavy (non-hydrogen) atoms. The molecule has 0 saturated carbocycles. The molecule has 3 heteroatoms. The molecule has 2 unspecified atom stereocenters. The molecule has 1 aromatic carbocycles. The Morgan fingerprint density at radius 3 is 2.56 bits per heavy atom. The van der Waals surface area contributed by atoms with Crippen molar-refractivity contribution in [2.45, 2.75) is 26.3 Å². The van der Waals surface area contributed by atoms with E-state index < -0.39 is 0 Å². The Morgan fingerprint density at radius 2 is 1.94 bits per heavy atom. The minimum Gasteiger partial charge on any atom is -0.379 e. The van der Waals surface area contributed by atoms with E-state index in [1.807, 2.05) is 7.05 Å². The van der Waals surface area contributed by atoms with Crippen LogP contribution < -0.4 is 5.32 Å². The summed E-state index contributed by atoms with van der Waals surface area (Å²) in [6.45, 7) is 5.32. The predicted octanol–water partition coefficient (Wildman–Crippen LogP) is 1.65. The number of rotatable bonds is 4. The zero-order chi connectivity index (χ0) is 13.1. The largest absolute Gasteiger partial charge is 0.379 e. The third-order valence-electron chi connectivity index (χ3n) is 3.52. The molecule has 1 aromatic rings. The van der Waals surface area contributed by atoms with Gasteiger partial charge in [-0.25, -0.2) is 0 Å². The number of hydrogen-bond donors (Lipinski definition) is 1. The molecule has 1 N–H and O–H groups in total. The molecule has 0 bridgehead atoms. The van der Waals surface area contributed by atoms with E-state index in [1.165, 1.54) is 11.1 Å². The van der Waals surface area contributed by atoms with Gasteiger partial charge in [0.25, 0.3) is 0 Å². The number of ketones is 1. The van der Waals surface area contributed by atoms with Crippen LogP contribution >= 0.6 is 0 Å². The van der Waals surface area contributed by atoms with Crippen LogP contribution in [0, 0.1) is 19.8 Å². The van der Waals surface area contributed by atoms with Crippen LogP contribution in [-0.2, 0) is 16.0 Å². The average Bonchev–Trinajstić information content (AvgIpc) is 2.75. The summed E-state index contributed by atoms with van der Waals surface area (Å²) in [6, 6.07) is 6.48. The summed E-state index contributed by atoms with van der Waals surface area (Å²) in [5.74, 6) is 0.271. The number of likely N-dealkylation sites (N-methyl/N-ethyl adjacent to an activating group) is 1. The van der Waals surface area contributed by atoms with Crippen LogP contribution in [0.15, 0.2) is 18.2 Å². The number of benzene rings is 1. The Hall–Kier alpha value is -1.19. The van der Waals surface area contributed by atoms with E-state index in [4.69, 9.17) is 4.74 Å². The number of carbonyl (C=O) groups excluding carboxylic acids is 1. The van der Waals surface area contributed by atoms with Gasteiger partial charge in [0, 0.05) is 12.5 Å². The van der Waals surface area contributed by atoms with Crippen LogP contribution in [0.1, 0.15) is 16.7 Å². The zero-order valence-electron chi connectivity index (χ0n) is 11.3. The van der Waals surface area contributed by atoms with Crippen molar-refractivity contribution < 1.29 is 9.53 Å². The van der Waals surface area contributed by atoms with Gasteiger partial charge >= 0.3 is 0 Å². The van der Waals surface area contributed by atoms with Gasteiger partial charge in [-0.2, -0.15) is 0 Å². The summed E-state index contributed by atoms with van der Waals surface area (Å²) in [7, 11) is 1.89. The summed E-state index contributed by atoms with van der Waals surface area (Å²) >= 11 is 0. The maximum absolute atomic E-state index is 12.3. The number of ether oxygens (including phenoxy) is 1. The highest BCUT2D eigenvalue weighted by Gasteiger charge is 2.32. The first-order valence-electron chi connectivity index (χ1n) is 6.45. The maximum atomic E-state index is 12.3. The lowest BCUT2D eigenvalue weighted by atomic mass is 9.93. The van der Waals surface area contributed by atoms with Crippen molar-refractivity contribution in [3.05, 3.63) is 34.9 Å². The molecule has 0 amide bonds. The Balaban J connectivity index is 2.06. The van der Waals surface area contributed by atoms with Gasteiger partial charge in [0.1, 0.15) is 5.78 Å². The van der Waals surface area contributed by atoms with E-state index in [9.17, 15) is 4.79 Å². The van der Waals surface area contributed by atoms with Gasteiger partial charge in [-0.15, -0.1) is 0 Å². The fourth-order valence-electron chi connectivity index (χ4n) is 2.66. The fraction of sp³-hybridized carbons (Fsp3) is 0.533. The van der Waals surface area contributed by atoms with Crippen LogP contribution in [0.2, 0.25) is 0 Å². The van der Waals surface area contributed by atoms with E-state index in [1.54, 1.807) is 0 Å². The van der Waals surface area contributed by atoms with Crippen molar-refractivity contribution in [2.75, 3.05) is 20.3 Å². The summed E-state index contributed by atoms with van der Waals surface area (Å²) in [5.41, 5.74) is 3.54. The second kappa shape index (κ2) is 5.63. The van der Waals surface area contributed by atoms with E-state index in [0.29, 0.717) is 19.6 Å². The van der Waals surface area contributed by atoms with Crippen LogP contribution in [0.25, 0.3) is 0 Å². The van der Waals surface area contributed by atoms with Crippen LogP contribution in [-0.4, -0.2) is 32.1 Å². The summed E-state index contributed by atoms with van der Waals surface area (Å²) in [5, 5.41) is 3.16. The molecule has 1 fully saturated rings. The lowest BCUT2D eigenvalue weighted by Crippen LogP contribution is -2.37. The monoisotopic (exact) mass is 247 g/mol. The minimum absolute atomic E-state index is 0.00387. The molecule has 1 heterocycles. The standard InChI is InChI=1S/C15H21NO2/c1-10-4-11(2)6-12(5-10)7-15(17)13-8-18-9-14(13)16-3/h4-6,13-14,16H,7-9H2,1-3H3. The number of carbonyl (C=O) groups is 1. The number of nitrogens with one attached hydrogen (secondary N) is 1. The van der Waals surface area contributed by atoms with Gasteiger partial charge in [0.05, 0.1) is 19.1 Å². The Labute approximate surface area is 109 Å². The quantitative estimate of drug-likeness (QED) is 0.879. The lowest BCUT2D eigenvalue weighted by Gasteiger charge is -2.15. The van der Waals surface area contributed by atoms with Crippen LogP contribution in [0.5, 0.6) is 0 Å². The molecule has 0 aromatic heterocycles. The predicted molar refractivity (Wildman–Crippen MR) is 71.8 cm³/mol. The summed E-state index contributed by atoms with van der Waals surface area (Å²) < 4.78 is 5.38. The lowest BCUT2D eigenvalue weighted by molar-refractivity contribution is -0.122. The Kier molecular flexibility index (Phi) is 4.15. The highest BCUT2D eigenvalue weighted by molar-refractivity contribution is 5.84. The summed E-state index contributed by atoms with van der Waals surface area (Å²) in [6.07, 6.45) is 0.509. The van der Waals surface area contributed by atoms with Crippen LogP contribution in [0.3, 0.4) is 0 Å². The van der Waals surface area contributed by atoms with Crippen molar-refractivity contribution >= 4 is 5.78 Å². The van der Waals surface area contributed by atoms with Gasteiger partial charge in [-0.05, 0) is 26.5 Å².